The van der Waals surface area contributed by atoms with Gasteiger partial charge in [-0.2, -0.15) is 5.10 Å². The summed E-state index contributed by atoms with van der Waals surface area (Å²) in [4.78, 5) is 29.8. The van der Waals surface area contributed by atoms with E-state index >= 15 is 0 Å². The summed E-state index contributed by atoms with van der Waals surface area (Å²) in [5.74, 6) is 0.292. The summed E-state index contributed by atoms with van der Waals surface area (Å²) in [5, 5.41) is 14.6. The van der Waals surface area contributed by atoms with E-state index in [1.165, 1.54) is 22.7 Å². The Morgan fingerprint density at radius 1 is 1.10 bits per heavy atom. The monoisotopic (exact) mass is 445 g/mol. The summed E-state index contributed by atoms with van der Waals surface area (Å²) >= 11 is 2.67. The first-order chi connectivity index (χ1) is 13.9. The molecule has 0 bridgehead atoms. The van der Waals surface area contributed by atoms with Gasteiger partial charge in [-0.05, 0) is 32.2 Å². The van der Waals surface area contributed by atoms with Gasteiger partial charge in [0.25, 0.3) is 5.91 Å². The first-order valence-electron chi connectivity index (χ1n) is 9.63. The molecule has 0 aliphatic carbocycles. The number of thiazole rings is 1. The molecule has 3 aromatic rings. The standard InChI is InChI=1S/C21H27N5O2S2/c1-20(2,3)15-11-16(26(25-15)21(4,5)6)23-17(27)10-13-12-30-19(22-13)24-18(28)14-8-7-9-29-14/h7-9,11-12H,10H2,1-6H3,(H,23,27)(H,22,24,28). The van der Waals surface area contributed by atoms with Crippen LogP contribution in [0.3, 0.4) is 0 Å². The van der Waals surface area contributed by atoms with Gasteiger partial charge < -0.3 is 5.32 Å². The van der Waals surface area contributed by atoms with Crippen molar-refractivity contribution in [3.05, 3.63) is 45.2 Å². The zero-order valence-electron chi connectivity index (χ0n) is 18.1. The van der Waals surface area contributed by atoms with Crippen molar-refractivity contribution < 1.29 is 9.59 Å². The smallest absolute Gasteiger partial charge is 0.267 e. The Kier molecular flexibility index (Phi) is 6.14. The van der Waals surface area contributed by atoms with E-state index in [9.17, 15) is 9.59 Å². The molecule has 0 atom stereocenters. The number of carbonyl (C=O) groups excluding carboxylic acids is 2. The van der Waals surface area contributed by atoms with E-state index in [4.69, 9.17) is 5.10 Å². The number of carbonyl (C=O) groups is 2. The lowest BCUT2D eigenvalue weighted by Crippen LogP contribution is -2.27. The lowest BCUT2D eigenvalue weighted by Gasteiger charge is -2.23. The van der Waals surface area contributed by atoms with Gasteiger partial charge in [0.15, 0.2) is 5.13 Å². The Hall–Kier alpha value is -2.52. The fraction of sp³-hybridized carbons (Fsp3) is 0.429. The van der Waals surface area contributed by atoms with Crippen molar-refractivity contribution in [1.29, 1.82) is 0 Å². The van der Waals surface area contributed by atoms with E-state index in [1.807, 2.05) is 43.0 Å². The molecule has 0 saturated carbocycles. The van der Waals surface area contributed by atoms with Crippen LogP contribution in [0.15, 0.2) is 29.0 Å². The highest BCUT2D eigenvalue weighted by Gasteiger charge is 2.26. The van der Waals surface area contributed by atoms with Gasteiger partial charge in [-0.1, -0.05) is 26.8 Å². The molecule has 2 N–H and O–H groups in total. The number of nitrogens with zero attached hydrogens (tertiary/aromatic N) is 3. The number of hydrogen-bond acceptors (Lipinski definition) is 6. The summed E-state index contributed by atoms with van der Waals surface area (Å²) in [7, 11) is 0. The summed E-state index contributed by atoms with van der Waals surface area (Å²) in [5.41, 5.74) is 1.13. The van der Waals surface area contributed by atoms with Crippen LogP contribution >= 0.6 is 22.7 Å². The Morgan fingerprint density at radius 3 is 2.43 bits per heavy atom. The van der Waals surface area contributed by atoms with Crippen LogP contribution in [0.1, 0.15) is 62.6 Å². The molecule has 0 fully saturated rings. The highest BCUT2D eigenvalue weighted by molar-refractivity contribution is 7.14. The first-order valence-corrected chi connectivity index (χ1v) is 11.4. The number of aromatic nitrogens is 3. The van der Waals surface area contributed by atoms with Gasteiger partial charge in [0.05, 0.1) is 28.2 Å². The van der Waals surface area contributed by atoms with Gasteiger partial charge in [-0.25, -0.2) is 9.67 Å². The summed E-state index contributed by atoms with van der Waals surface area (Å²) in [6.07, 6.45) is 0.117. The Bertz CT molecular complexity index is 1040. The molecule has 3 aromatic heterocycles. The average molecular weight is 446 g/mol. The number of hydrogen-bond donors (Lipinski definition) is 2. The predicted molar refractivity (Wildman–Crippen MR) is 123 cm³/mol. The Balaban J connectivity index is 1.68. The van der Waals surface area contributed by atoms with Gasteiger partial charge >= 0.3 is 0 Å². The third-order valence-electron chi connectivity index (χ3n) is 4.24. The summed E-state index contributed by atoms with van der Waals surface area (Å²) < 4.78 is 1.85. The Morgan fingerprint density at radius 2 is 1.83 bits per heavy atom. The molecule has 0 spiro atoms. The topological polar surface area (TPSA) is 88.9 Å². The second kappa shape index (κ2) is 8.31. The minimum absolute atomic E-state index is 0.117. The highest BCUT2D eigenvalue weighted by Crippen LogP contribution is 2.28. The number of rotatable bonds is 5. The molecule has 9 heteroatoms. The van der Waals surface area contributed by atoms with Crippen molar-refractivity contribution >= 4 is 45.4 Å². The van der Waals surface area contributed by atoms with E-state index in [2.05, 4.69) is 36.4 Å². The fourth-order valence-electron chi connectivity index (χ4n) is 2.71. The van der Waals surface area contributed by atoms with Crippen LogP contribution in [0.5, 0.6) is 0 Å². The molecule has 0 aliphatic heterocycles. The van der Waals surface area contributed by atoms with E-state index in [0.29, 0.717) is 21.5 Å². The molecule has 3 rings (SSSR count). The maximum absolute atomic E-state index is 12.7. The minimum atomic E-state index is -0.272. The van der Waals surface area contributed by atoms with Gasteiger partial charge in [0.2, 0.25) is 5.91 Å². The lowest BCUT2D eigenvalue weighted by molar-refractivity contribution is -0.115. The highest BCUT2D eigenvalue weighted by atomic mass is 32.1. The maximum atomic E-state index is 12.7. The van der Waals surface area contributed by atoms with Crippen molar-refractivity contribution in [2.75, 3.05) is 10.6 Å². The van der Waals surface area contributed by atoms with Crippen LogP contribution in [-0.4, -0.2) is 26.6 Å². The number of thiophene rings is 1. The van der Waals surface area contributed by atoms with Gasteiger partial charge in [0.1, 0.15) is 5.82 Å². The molecule has 160 valence electrons. The van der Waals surface area contributed by atoms with Crippen molar-refractivity contribution in [3.8, 4) is 0 Å². The Labute approximate surface area is 184 Å². The normalized spacial score (nSPS) is 12.1. The first kappa shape index (κ1) is 22.2. The molecule has 0 unspecified atom stereocenters. The van der Waals surface area contributed by atoms with Crippen molar-refractivity contribution in [2.24, 2.45) is 0 Å². The van der Waals surface area contributed by atoms with Crippen molar-refractivity contribution in [3.63, 3.8) is 0 Å². The third kappa shape index (κ3) is 5.34. The van der Waals surface area contributed by atoms with E-state index in [1.54, 1.807) is 11.4 Å². The molecule has 0 aromatic carbocycles. The average Bonchev–Trinajstić information content (AvgIpc) is 3.33. The molecule has 0 radical (unpaired) electrons. The third-order valence-corrected chi connectivity index (χ3v) is 5.91. The van der Waals surface area contributed by atoms with Gasteiger partial charge in [-0.3, -0.25) is 14.9 Å². The van der Waals surface area contributed by atoms with Crippen LogP contribution in [0.4, 0.5) is 10.9 Å². The molecule has 3 heterocycles. The second-order valence-electron chi connectivity index (χ2n) is 9.05. The van der Waals surface area contributed by atoms with Gasteiger partial charge in [-0.15, -0.1) is 22.7 Å². The van der Waals surface area contributed by atoms with Gasteiger partial charge in [0, 0.05) is 16.9 Å². The molecular weight excluding hydrogens is 418 g/mol. The van der Waals surface area contributed by atoms with Crippen LogP contribution in [0.25, 0.3) is 0 Å². The molecule has 30 heavy (non-hydrogen) atoms. The summed E-state index contributed by atoms with van der Waals surface area (Å²) in [6.45, 7) is 12.4. The second-order valence-corrected chi connectivity index (χ2v) is 10.9. The fourth-order valence-corrected chi connectivity index (χ4v) is 4.04. The number of anilines is 2. The van der Waals surface area contributed by atoms with E-state index < -0.39 is 0 Å². The molecular formula is C21H27N5O2S2. The summed E-state index contributed by atoms with van der Waals surface area (Å²) in [6, 6.07) is 5.51. The quantitative estimate of drug-likeness (QED) is 0.585. The van der Waals surface area contributed by atoms with Crippen LogP contribution in [0.2, 0.25) is 0 Å². The molecule has 7 nitrogen and oxygen atoms in total. The number of amides is 2. The zero-order chi connectivity index (χ0) is 22.1. The molecule has 2 amide bonds. The molecule has 0 aliphatic rings. The van der Waals surface area contributed by atoms with Crippen LogP contribution in [0, 0.1) is 0 Å². The largest absolute Gasteiger partial charge is 0.311 e. The lowest BCUT2D eigenvalue weighted by atomic mass is 9.92. The van der Waals surface area contributed by atoms with Crippen molar-refractivity contribution in [1.82, 2.24) is 14.8 Å². The van der Waals surface area contributed by atoms with Crippen molar-refractivity contribution in [2.45, 2.75) is 58.9 Å². The minimum Gasteiger partial charge on any atom is -0.311 e. The number of nitrogens with one attached hydrogen (secondary N) is 2. The van der Waals surface area contributed by atoms with Crippen LogP contribution in [-0.2, 0) is 22.2 Å². The SMILES string of the molecule is CC(C)(C)c1cc(NC(=O)Cc2csc(NC(=O)c3cccs3)n2)n(C(C)(C)C)n1. The maximum Gasteiger partial charge on any atom is 0.267 e. The molecule has 0 saturated heterocycles. The zero-order valence-corrected chi connectivity index (χ0v) is 19.7. The van der Waals surface area contributed by atoms with E-state index in [0.717, 1.165) is 5.69 Å². The van der Waals surface area contributed by atoms with E-state index in [-0.39, 0.29) is 29.2 Å². The van der Waals surface area contributed by atoms with Crippen LogP contribution < -0.4 is 10.6 Å². The predicted octanol–water partition coefficient (Wildman–Crippen LogP) is 4.89.